The first kappa shape index (κ1) is 7.75. The third-order valence-corrected chi connectivity index (χ3v) is 0.716. The van der Waals surface area contributed by atoms with Crippen molar-refractivity contribution in [1.82, 2.24) is 5.32 Å². The zero-order valence-electron chi connectivity index (χ0n) is 5.46. The third-order valence-electron chi connectivity index (χ3n) is 0.716. The number of hydrogen-bond acceptors (Lipinski definition) is 3. The van der Waals surface area contributed by atoms with Gasteiger partial charge in [-0.3, -0.25) is 0 Å². The smallest absolute Gasteiger partial charge is 0.118 e. The fourth-order valence-electron chi connectivity index (χ4n) is 0.247. The second-order valence-electron chi connectivity index (χ2n) is 1.36. The normalized spacial score (nSPS) is 10.8. The van der Waals surface area contributed by atoms with E-state index in [0.29, 0.717) is 5.82 Å². The van der Waals surface area contributed by atoms with E-state index in [1.807, 2.05) is 0 Å². The fraction of sp³-hybridized carbons (Fsp3) is 0.167. The highest BCUT2D eigenvalue weighted by Gasteiger charge is 1.74. The predicted molar refractivity (Wildman–Crippen MR) is 40.0 cm³/mol. The molecule has 0 amide bonds. The van der Waals surface area contributed by atoms with E-state index in [-0.39, 0.29) is 0 Å². The third kappa shape index (κ3) is 4.61. The minimum absolute atomic E-state index is 0.619. The molecule has 0 saturated heterocycles. The maximum Gasteiger partial charge on any atom is 0.118 e. The highest BCUT2D eigenvalue weighted by atomic mass is 15.0. The average molecular weight is 125 g/mol. The lowest BCUT2D eigenvalue weighted by Crippen LogP contribution is -2.00. The first-order valence-corrected chi connectivity index (χ1v) is 2.59. The maximum absolute atomic E-state index is 5.03. The molecule has 0 aliphatic carbocycles. The molecule has 50 valence electrons. The molecule has 0 aromatic rings. The summed E-state index contributed by atoms with van der Waals surface area (Å²) >= 11 is 0. The van der Waals surface area contributed by atoms with Crippen LogP contribution in [0.25, 0.3) is 0 Å². The van der Waals surface area contributed by atoms with Crippen LogP contribution in [-0.4, -0.2) is 13.3 Å². The summed E-state index contributed by atoms with van der Waals surface area (Å²) in [5.41, 5.74) is 5.03. The van der Waals surface area contributed by atoms with Crippen LogP contribution < -0.4 is 11.1 Å². The highest BCUT2D eigenvalue weighted by molar-refractivity contribution is 5.71. The minimum Gasteiger partial charge on any atom is -0.405 e. The number of allylic oxidation sites excluding steroid dienone is 1. The van der Waals surface area contributed by atoms with Crippen molar-refractivity contribution in [2.75, 3.05) is 7.05 Å². The van der Waals surface area contributed by atoms with Crippen LogP contribution in [0.2, 0.25) is 0 Å². The van der Waals surface area contributed by atoms with Gasteiger partial charge in [-0.1, -0.05) is 6.58 Å². The standard InChI is InChI=1S/C6H11N3/c1-6(8-2)9-5-3-4-7/h3-5,8H,1,7H2,2H3/b4-3-,9-5?. The van der Waals surface area contributed by atoms with Gasteiger partial charge in [-0.2, -0.15) is 0 Å². The van der Waals surface area contributed by atoms with E-state index in [0.717, 1.165) is 0 Å². The minimum atomic E-state index is 0.619. The Hall–Kier alpha value is -1.25. The second-order valence-corrected chi connectivity index (χ2v) is 1.36. The van der Waals surface area contributed by atoms with E-state index < -0.39 is 0 Å². The summed E-state index contributed by atoms with van der Waals surface area (Å²) < 4.78 is 0. The Balaban J connectivity index is 3.57. The van der Waals surface area contributed by atoms with Crippen molar-refractivity contribution in [2.24, 2.45) is 10.7 Å². The molecule has 0 aromatic heterocycles. The van der Waals surface area contributed by atoms with Gasteiger partial charge >= 0.3 is 0 Å². The molecule has 3 heteroatoms. The van der Waals surface area contributed by atoms with Crippen LogP contribution in [0.15, 0.2) is 29.7 Å². The van der Waals surface area contributed by atoms with Gasteiger partial charge in [0.25, 0.3) is 0 Å². The molecule has 0 spiro atoms. The Morgan fingerprint density at radius 1 is 1.78 bits per heavy atom. The summed E-state index contributed by atoms with van der Waals surface area (Å²) in [5.74, 6) is 0.619. The molecule has 0 aromatic carbocycles. The van der Waals surface area contributed by atoms with Gasteiger partial charge in [-0.15, -0.1) is 0 Å². The van der Waals surface area contributed by atoms with Crippen LogP contribution in [0, 0.1) is 0 Å². The summed E-state index contributed by atoms with van der Waals surface area (Å²) in [4.78, 5) is 3.84. The van der Waals surface area contributed by atoms with Crippen molar-refractivity contribution < 1.29 is 0 Å². The van der Waals surface area contributed by atoms with E-state index in [4.69, 9.17) is 5.73 Å². The first-order chi connectivity index (χ1) is 4.31. The van der Waals surface area contributed by atoms with Crippen molar-refractivity contribution in [1.29, 1.82) is 0 Å². The number of nitrogens with two attached hydrogens (primary N) is 1. The molecule has 0 unspecified atom stereocenters. The van der Waals surface area contributed by atoms with Crippen LogP contribution in [0.1, 0.15) is 0 Å². The predicted octanol–water partition coefficient (Wildman–Crippen LogP) is 0.220. The van der Waals surface area contributed by atoms with Crippen LogP contribution in [-0.2, 0) is 0 Å². The highest BCUT2D eigenvalue weighted by Crippen LogP contribution is 1.79. The Kier molecular flexibility index (Phi) is 4.22. The Labute approximate surface area is 55.0 Å². The molecule has 0 bridgehead atoms. The molecule has 0 saturated carbocycles. The van der Waals surface area contributed by atoms with E-state index >= 15 is 0 Å². The van der Waals surface area contributed by atoms with Gasteiger partial charge in [0.15, 0.2) is 0 Å². The summed E-state index contributed by atoms with van der Waals surface area (Å²) in [7, 11) is 1.76. The summed E-state index contributed by atoms with van der Waals surface area (Å²) in [6.07, 6.45) is 4.60. The summed E-state index contributed by atoms with van der Waals surface area (Å²) in [6.45, 7) is 3.56. The van der Waals surface area contributed by atoms with E-state index in [1.165, 1.54) is 6.20 Å². The van der Waals surface area contributed by atoms with Crippen LogP contribution in [0.5, 0.6) is 0 Å². The number of hydrogen-bond donors (Lipinski definition) is 2. The van der Waals surface area contributed by atoms with Crippen LogP contribution >= 0.6 is 0 Å². The number of aliphatic imine (C=N–C) groups is 1. The van der Waals surface area contributed by atoms with Crippen molar-refractivity contribution >= 4 is 6.21 Å². The number of nitrogens with zero attached hydrogens (tertiary/aromatic N) is 1. The van der Waals surface area contributed by atoms with Gasteiger partial charge in [-0.05, 0) is 12.3 Å². The van der Waals surface area contributed by atoms with Gasteiger partial charge in [0.05, 0.1) is 0 Å². The van der Waals surface area contributed by atoms with E-state index in [2.05, 4.69) is 16.9 Å². The Morgan fingerprint density at radius 2 is 2.44 bits per heavy atom. The molecule has 0 fully saturated rings. The number of rotatable bonds is 3. The van der Waals surface area contributed by atoms with Crippen LogP contribution in [0.3, 0.4) is 0 Å². The molecular weight excluding hydrogens is 114 g/mol. The van der Waals surface area contributed by atoms with Gasteiger partial charge < -0.3 is 11.1 Å². The lowest BCUT2D eigenvalue weighted by Gasteiger charge is -1.91. The summed E-state index contributed by atoms with van der Waals surface area (Å²) in [5, 5.41) is 2.76. The van der Waals surface area contributed by atoms with Crippen molar-refractivity contribution in [3.63, 3.8) is 0 Å². The lowest BCUT2D eigenvalue weighted by atomic mass is 10.6. The van der Waals surface area contributed by atoms with Crippen molar-refractivity contribution in [3.05, 3.63) is 24.7 Å². The zero-order chi connectivity index (χ0) is 7.11. The first-order valence-electron chi connectivity index (χ1n) is 2.59. The van der Waals surface area contributed by atoms with Gasteiger partial charge in [0.1, 0.15) is 5.82 Å². The van der Waals surface area contributed by atoms with Gasteiger partial charge in [0.2, 0.25) is 0 Å². The molecule has 0 heterocycles. The largest absolute Gasteiger partial charge is 0.405 e. The summed E-state index contributed by atoms with van der Waals surface area (Å²) in [6, 6.07) is 0. The molecule has 3 N–H and O–H groups in total. The lowest BCUT2D eigenvalue weighted by molar-refractivity contribution is 0.977. The van der Waals surface area contributed by atoms with E-state index in [1.54, 1.807) is 19.3 Å². The molecule has 0 aliphatic heterocycles. The van der Waals surface area contributed by atoms with E-state index in [9.17, 15) is 0 Å². The average Bonchev–Trinajstić information content (AvgIpc) is 1.89. The fourth-order valence-corrected chi connectivity index (χ4v) is 0.247. The zero-order valence-corrected chi connectivity index (χ0v) is 5.46. The van der Waals surface area contributed by atoms with Gasteiger partial charge in [0, 0.05) is 13.3 Å². The number of nitrogens with one attached hydrogen (secondary N) is 1. The maximum atomic E-state index is 5.03. The molecular formula is C6H11N3. The molecule has 0 atom stereocenters. The Morgan fingerprint density at radius 3 is 2.89 bits per heavy atom. The van der Waals surface area contributed by atoms with Gasteiger partial charge in [-0.25, -0.2) is 4.99 Å². The molecule has 0 aliphatic rings. The topological polar surface area (TPSA) is 50.4 Å². The molecule has 0 rings (SSSR count). The molecule has 0 radical (unpaired) electrons. The second kappa shape index (κ2) is 4.90. The van der Waals surface area contributed by atoms with Crippen molar-refractivity contribution in [3.8, 4) is 0 Å². The van der Waals surface area contributed by atoms with Crippen LogP contribution in [0.4, 0.5) is 0 Å². The monoisotopic (exact) mass is 125 g/mol. The quantitative estimate of drug-likeness (QED) is 0.530. The Bertz CT molecular complexity index is 135. The SMILES string of the molecule is C=C(N=C/C=C\N)NC. The molecule has 9 heavy (non-hydrogen) atoms. The van der Waals surface area contributed by atoms with Crippen molar-refractivity contribution in [2.45, 2.75) is 0 Å². The molecule has 3 nitrogen and oxygen atoms in total.